The van der Waals surface area contributed by atoms with E-state index in [0.29, 0.717) is 12.0 Å². The van der Waals surface area contributed by atoms with Crippen LogP contribution in [0.15, 0.2) is 30.9 Å². The van der Waals surface area contributed by atoms with Gasteiger partial charge in [-0.05, 0) is 31.0 Å². The van der Waals surface area contributed by atoms with Gasteiger partial charge in [0.05, 0.1) is 17.7 Å². The van der Waals surface area contributed by atoms with E-state index in [2.05, 4.69) is 24.8 Å². The lowest BCUT2D eigenvalue weighted by Crippen LogP contribution is -2.45. The van der Waals surface area contributed by atoms with Crippen LogP contribution in [-0.4, -0.2) is 30.6 Å². The molecule has 0 saturated heterocycles. The van der Waals surface area contributed by atoms with Gasteiger partial charge in [-0.15, -0.1) is 6.58 Å². The topological polar surface area (TPSA) is 41.6 Å². The highest BCUT2D eigenvalue weighted by molar-refractivity contribution is 7.75. The van der Waals surface area contributed by atoms with Crippen molar-refractivity contribution in [2.75, 3.05) is 13.7 Å². The van der Waals surface area contributed by atoms with Crippen LogP contribution >= 0.6 is 24.5 Å². The summed E-state index contributed by atoms with van der Waals surface area (Å²) in [5.41, 5.74) is 0.518. The highest BCUT2D eigenvalue weighted by Gasteiger charge is 2.19. The third-order valence-electron chi connectivity index (χ3n) is 3.04. The predicted octanol–water partition coefficient (Wildman–Crippen LogP) is 3.43. The maximum absolute atomic E-state index is 13.3. The zero-order valence-electron chi connectivity index (χ0n) is 11.7. The number of hydrogen-bond donors (Lipinski definition) is 2. The van der Waals surface area contributed by atoms with Crippen molar-refractivity contribution < 1.29 is 13.4 Å². The molecule has 1 N–H and O–H groups in total. The summed E-state index contributed by atoms with van der Waals surface area (Å²) >= 11 is 9.53. The SMILES string of the molecule is C=CC[C@@H](COS)N(C)C(=O)NCc1cccc(F)c1Cl. The van der Waals surface area contributed by atoms with Crippen molar-refractivity contribution in [2.24, 2.45) is 0 Å². The van der Waals surface area contributed by atoms with Gasteiger partial charge in [0.2, 0.25) is 0 Å². The summed E-state index contributed by atoms with van der Waals surface area (Å²) in [5, 5.41) is 2.70. The number of amides is 2. The normalized spacial score (nSPS) is 11.8. The Hall–Kier alpha value is -1.24. The molecule has 0 fully saturated rings. The van der Waals surface area contributed by atoms with Crippen LogP contribution in [0.2, 0.25) is 5.02 Å². The van der Waals surface area contributed by atoms with Crippen molar-refractivity contribution in [3.8, 4) is 0 Å². The van der Waals surface area contributed by atoms with Gasteiger partial charge in [0.1, 0.15) is 5.82 Å². The first-order valence-corrected chi connectivity index (χ1v) is 7.06. The number of thiol groups is 1. The second kappa shape index (κ2) is 8.92. The minimum atomic E-state index is -0.509. The number of carbonyl (C=O) groups excluding carboxylic acids is 1. The van der Waals surface area contributed by atoms with Gasteiger partial charge >= 0.3 is 6.03 Å². The third kappa shape index (κ3) is 5.22. The molecule has 1 atom stereocenters. The van der Waals surface area contributed by atoms with E-state index in [1.54, 1.807) is 25.3 Å². The second-order valence-electron chi connectivity index (χ2n) is 4.46. The Morgan fingerprint density at radius 1 is 1.67 bits per heavy atom. The minimum absolute atomic E-state index is 0.0155. The van der Waals surface area contributed by atoms with Gasteiger partial charge in [-0.3, -0.25) is 0 Å². The Morgan fingerprint density at radius 2 is 2.38 bits per heavy atom. The molecule has 1 aromatic rings. The molecule has 0 unspecified atom stereocenters. The molecule has 0 aliphatic carbocycles. The summed E-state index contributed by atoms with van der Waals surface area (Å²) in [6, 6.07) is 3.98. The van der Waals surface area contributed by atoms with Gasteiger partial charge in [0.15, 0.2) is 0 Å². The minimum Gasteiger partial charge on any atom is -0.334 e. The molecule has 0 aromatic heterocycles. The number of nitrogens with one attached hydrogen (secondary N) is 1. The number of benzene rings is 1. The van der Waals surface area contributed by atoms with E-state index in [4.69, 9.17) is 15.8 Å². The van der Waals surface area contributed by atoms with Crippen LogP contribution in [0.1, 0.15) is 12.0 Å². The Morgan fingerprint density at radius 3 is 3.00 bits per heavy atom. The second-order valence-corrected chi connectivity index (χ2v) is 5.09. The molecule has 116 valence electrons. The Bertz CT molecular complexity index is 502. The molecular weight excluding hydrogens is 315 g/mol. The van der Waals surface area contributed by atoms with E-state index in [-0.39, 0.29) is 30.2 Å². The van der Waals surface area contributed by atoms with Gasteiger partial charge in [0, 0.05) is 13.6 Å². The summed E-state index contributed by atoms with van der Waals surface area (Å²) in [4.78, 5) is 13.6. The molecule has 1 rings (SSSR count). The number of urea groups is 1. The first-order valence-electron chi connectivity index (χ1n) is 6.32. The highest BCUT2D eigenvalue weighted by atomic mass is 35.5. The van der Waals surface area contributed by atoms with Crippen LogP contribution in [0.3, 0.4) is 0 Å². The van der Waals surface area contributed by atoms with Gasteiger partial charge in [-0.1, -0.05) is 29.8 Å². The number of nitrogens with zero attached hydrogens (tertiary/aromatic N) is 1. The maximum atomic E-state index is 13.3. The van der Waals surface area contributed by atoms with Crippen molar-refractivity contribution >= 4 is 30.5 Å². The largest absolute Gasteiger partial charge is 0.334 e. The Labute approximate surface area is 134 Å². The first-order chi connectivity index (χ1) is 10.0. The van der Waals surface area contributed by atoms with Crippen molar-refractivity contribution in [3.63, 3.8) is 0 Å². The lowest BCUT2D eigenvalue weighted by atomic mass is 10.2. The molecule has 21 heavy (non-hydrogen) atoms. The molecule has 7 heteroatoms. The zero-order chi connectivity index (χ0) is 15.8. The van der Waals surface area contributed by atoms with E-state index in [0.717, 1.165) is 0 Å². The maximum Gasteiger partial charge on any atom is 0.317 e. The van der Waals surface area contributed by atoms with Gasteiger partial charge in [-0.25, -0.2) is 9.18 Å². The van der Waals surface area contributed by atoms with Gasteiger partial charge in [-0.2, -0.15) is 0 Å². The molecule has 0 saturated carbocycles. The lowest BCUT2D eigenvalue weighted by molar-refractivity contribution is 0.168. The molecule has 0 heterocycles. The smallest absolute Gasteiger partial charge is 0.317 e. The van der Waals surface area contributed by atoms with E-state index >= 15 is 0 Å². The summed E-state index contributed by atoms with van der Waals surface area (Å²) in [5.74, 6) is -0.509. The van der Waals surface area contributed by atoms with Crippen molar-refractivity contribution in [3.05, 3.63) is 47.3 Å². The molecule has 1 aromatic carbocycles. The summed E-state index contributed by atoms with van der Waals surface area (Å²) < 4.78 is 18.1. The molecule has 2 amide bonds. The highest BCUT2D eigenvalue weighted by Crippen LogP contribution is 2.19. The third-order valence-corrected chi connectivity index (χ3v) is 3.61. The molecule has 4 nitrogen and oxygen atoms in total. The van der Waals surface area contributed by atoms with Crippen LogP contribution in [0.5, 0.6) is 0 Å². The Balaban J connectivity index is 2.63. The van der Waals surface area contributed by atoms with Crippen LogP contribution in [0.25, 0.3) is 0 Å². The number of halogens is 2. The van der Waals surface area contributed by atoms with E-state index in [1.165, 1.54) is 11.0 Å². The molecule has 0 spiro atoms. The molecule has 0 aliphatic rings. The first kappa shape index (κ1) is 17.8. The fourth-order valence-electron chi connectivity index (χ4n) is 1.76. The van der Waals surface area contributed by atoms with Crippen LogP contribution in [-0.2, 0) is 10.7 Å². The molecule has 0 radical (unpaired) electrons. The Kier molecular flexibility index (Phi) is 7.56. The monoisotopic (exact) mass is 332 g/mol. The molecular formula is C14H18ClFN2O2S. The molecule has 0 bridgehead atoms. The summed E-state index contributed by atoms with van der Waals surface area (Å²) in [7, 11) is 1.64. The van der Waals surface area contributed by atoms with Gasteiger partial charge in [0.25, 0.3) is 0 Å². The van der Waals surface area contributed by atoms with Crippen LogP contribution < -0.4 is 5.32 Å². The number of likely N-dealkylation sites (N-methyl/N-ethyl adjacent to an activating group) is 1. The van der Waals surface area contributed by atoms with Gasteiger partial charge < -0.3 is 14.4 Å². The van der Waals surface area contributed by atoms with E-state index < -0.39 is 5.82 Å². The quantitative estimate of drug-likeness (QED) is 0.456. The fraction of sp³-hybridized carbons (Fsp3) is 0.357. The predicted molar refractivity (Wildman–Crippen MR) is 84.9 cm³/mol. The lowest BCUT2D eigenvalue weighted by Gasteiger charge is -2.26. The van der Waals surface area contributed by atoms with E-state index in [9.17, 15) is 9.18 Å². The van der Waals surface area contributed by atoms with Crippen molar-refractivity contribution in [1.29, 1.82) is 0 Å². The standard InChI is InChI=1S/C14H18ClFN2O2S/c1-3-5-11(9-20-21)18(2)14(19)17-8-10-6-4-7-12(16)13(10)15/h3-4,6-7,11,21H,1,5,8-9H2,2H3,(H,17,19)/t11-/m0/s1. The summed E-state index contributed by atoms with van der Waals surface area (Å²) in [6.45, 7) is 4.06. The van der Waals surface area contributed by atoms with E-state index in [1.807, 2.05) is 0 Å². The number of hydrogen-bond acceptors (Lipinski definition) is 3. The fourth-order valence-corrected chi connectivity index (χ4v) is 2.13. The summed E-state index contributed by atoms with van der Waals surface area (Å²) in [6.07, 6.45) is 2.27. The average Bonchev–Trinajstić information content (AvgIpc) is 2.47. The molecule has 0 aliphatic heterocycles. The van der Waals surface area contributed by atoms with Crippen molar-refractivity contribution in [1.82, 2.24) is 10.2 Å². The van der Waals surface area contributed by atoms with Crippen molar-refractivity contribution in [2.45, 2.75) is 19.0 Å². The van der Waals surface area contributed by atoms with Crippen LogP contribution in [0, 0.1) is 5.82 Å². The number of rotatable bonds is 7. The average molecular weight is 333 g/mol. The number of carbonyl (C=O) groups is 1. The van der Waals surface area contributed by atoms with Crippen LogP contribution in [0.4, 0.5) is 9.18 Å². The zero-order valence-corrected chi connectivity index (χ0v) is 13.3.